The zero-order chi connectivity index (χ0) is 16.0. The number of aromatic hydroxyl groups is 1. The molecule has 0 atom stereocenters. The number of phenols is 1. The van der Waals surface area contributed by atoms with Gasteiger partial charge in [-0.25, -0.2) is 9.07 Å². The molecule has 122 valence electrons. The number of aromatic nitrogens is 3. The van der Waals surface area contributed by atoms with E-state index in [2.05, 4.69) is 26.8 Å². The normalized spacial score (nSPS) is 24.3. The minimum atomic E-state index is -0.560. The highest BCUT2D eigenvalue weighted by Crippen LogP contribution is 2.38. The molecule has 6 heteroatoms. The van der Waals surface area contributed by atoms with Gasteiger partial charge in [-0.15, -0.1) is 5.10 Å². The Morgan fingerprint density at radius 3 is 2.91 bits per heavy atom. The Kier molecular flexibility index (Phi) is 3.56. The fourth-order valence-electron chi connectivity index (χ4n) is 3.65. The molecule has 0 spiro atoms. The molecule has 1 fully saturated rings. The Labute approximate surface area is 134 Å². The Morgan fingerprint density at radius 1 is 1.35 bits per heavy atom. The summed E-state index contributed by atoms with van der Waals surface area (Å²) in [6.45, 7) is 4.64. The van der Waals surface area contributed by atoms with Crippen LogP contribution in [0.15, 0.2) is 18.2 Å². The van der Waals surface area contributed by atoms with Crippen molar-refractivity contribution < 1.29 is 9.50 Å². The summed E-state index contributed by atoms with van der Waals surface area (Å²) >= 11 is 0. The van der Waals surface area contributed by atoms with Crippen LogP contribution in [0, 0.1) is 11.7 Å². The molecule has 23 heavy (non-hydrogen) atoms. The van der Waals surface area contributed by atoms with Crippen LogP contribution in [-0.4, -0.2) is 31.5 Å². The maximum atomic E-state index is 13.5. The molecule has 1 aliphatic carbocycles. The van der Waals surface area contributed by atoms with Gasteiger partial charge in [-0.05, 0) is 36.5 Å². The molecule has 1 aromatic heterocycles. The summed E-state index contributed by atoms with van der Waals surface area (Å²) in [5.74, 6) is -0.0778. The van der Waals surface area contributed by atoms with E-state index < -0.39 is 5.82 Å². The Bertz CT molecular complexity index is 723. The third kappa shape index (κ3) is 2.72. The van der Waals surface area contributed by atoms with Gasteiger partial charge in [0, 0.05) is 26.1 Å². The summed E-state index contributed by atoms with van der Waals surface area (Å²) in [5, 5.41) is 18.0. The van der Waals surface area contributed by atoms with Crippen LogP contribution in [0.3, 0.4) is 0 Å². The zero-order valence-electron chi connectivity index (χ0n) is 13.2. The fourth-order valence-corrected chi connectivity index (χ4v) is 3.65. The first-order chi connectivity index (χ1) is 11.1. The van der Waals surface area contributed by atoms with Crippen LogP contribution in [-0.2, 0) is 19.5 Å². The van der Waals surface area contributed by atoms with E-state index in [1.54, 1.807) is 6.07 Å². The molecule has 0 saturated heterocycles. The van der Waals surface area contributed by atoms with E-state index in [0.717, 1.165) is 36.7 Å². The van der Waals surface area contributed by atoms with Crippen LogP contribution in [0.1, 0.15) is 42.8 Å². The van der Waals surface area contributed by atoms with Gasteiger partial charge in [0.2, 0.25) is 0 Å². The van der Waals surface area contributed by atoms with Crippen LogP contribution in [0.25, 0.3) is 0 Å². The molecule has 2 heterocycles. The molecule has 0 radical (unpaired) electrons. The monoisotopic (exact) mass is 316 g/mol. The molecule has 5 nitrogen and oxygen atoms in total. The van der Waals surface area contributed by atoms with Gasteiger partial charge in [0.05, 0.1) is 17.4 Å². The van der Waals surface area contributed by atoms with Crippen molar-refractivity contribution in [3.8, 4) is 5.75 Å². The number of rotatable bonds is 3. The van der Waals surface area contributed by atoms with Crippen molar-refractivity contribution in [2.45, 2.75) is 45.3 Å². The number of phenolic OH excluding ortho intramolecular Hbond substituents is 1. The molecule has 1 aliphatic heterocycles. The molecule has 4 rings (SSSR count). The predicted molar refractivity (Wildman–Crippen MR) is 83.3 cm³/mol. The molecule has 0 amide bonds. The Hall–Kier alpha value is -1.95. The SMILES string of the molecule is CC1CC(n2nnc3c2CN(Cc2ccc(O)c(F)c2)CC3)C1. The van der Waals surface area contributed by atoms with E-state index in [-0.39, 0.29) is 5.75 Å². The van der Waals surface area contributed by atoms with Gasteiger partial charge >= 0.3 is 0 Å². The lowest BCUT2D eigenvalue weighted by Crippen LogP contribution is -2.34. The van der Waals surface area contributed by atoms with Gasteiger partial charge in [-0.2, -0.15) is 0 Å². The molecular formula is C17H21FN4O. The molecule has 1 saturated carbocycles. The molecule has 0 bridgehead atoms. The summed E-state index contributed by atoms with van der Waals surface area (Å²) in [4.78, 5) is 2.29. The minimum absolute atomic E-state index is 0.295. The smallest absolute Gasteiger partial charge is 0.165 e. The van der Waals surface area contributed by atoms with Crippen molar-refractivity contribution in [3.63, 3.8) is 0 Å². The fraction of sp³-hybridized carbons (Fsp3) is 0.529. The molecule has 1 aromatic carbocycles. The first-order valence-corrected chi connectivity index (χ1v) is 8.23. The standard InChI is InChI=1S/C17H21FN4O/c1-11-6-13(7-11)22-16-10-21(5-4-15(16)19-20-22)9-12-2-3-17(23)14(18)8-12/h2-3,8,11,13,23H,4-7,9-10H2,1H3. The van der Waals surface area contributed by atoms with Gasteiger partial charge in [0.15, 0.2) is 11.6 Å². The van der Waals surface area contributed by atoms with E-state index in [4.69, 9.17) is 0 Å². The van der Waals surface area contributed by atoms with Crippen LogP contribution in [0.2, 0.25) is 0 Å². The summed E-state index contributed by atoms with van der Waals surface area (Å²) in [5.41, 5.74) is 3.20. The molecule has 2 aliphatic rings. The first-order valence-electron chi connectivity index (χ1n) is 8.23. The third-order valence-corrected chi connectivity index (χ3v) is 5.02. The predicted octanol–water partition coefficient (Wildman–Crippen LogP) is 2.65. The average molecular weight is 316 g/mol. The molecule has 2 aromatic rings. The van der Waals surface area contributed by atoms with Crippen molar-refractivity contribution in [2.75, 3.05) is 6.54 Å². The summed E-state index contributed by atoms with van der Waals surface area (Å²) in [6, 6.07) is 5.10. The van der Waals surface area contributed by atoms with Crippen molar-refractivity contribution in [1.29, 1.82) is 0 Å². The van der Waals surface area contributed by atoms with E-state index >= 15 is 0 Å². The second-order valence-corrected chi connectivity index (χ2v) is 6.90. The minimum Gasteiger partial charge on any atom is -0.505 e. The van der Waals surface area contributed by atoms with E-state index in [1.165, 1.54) is 30.7 Å². The second kappa shape index (κ2) is 5.60. The lowest BCUT2D eigenvalue weighted by molar-refractivity contribution is 0.178. The maximum absolute atomic E-state index is 13.5. The highest BCUT2D eigenvalue weighted by atomic mass is 19.1. The Morgan fingerprint density at radius 2 is 2.17 bits per heavy atom. The lowest BCUT2D eigenvalue weighted by atomic mass is 9.82. The topological polar surface area (TPSA) is 54.2 Å². The summed E-state index contributed by atoms with van der Waals surface area (Å²) in [7, 11) is 0. The van der Waals surface area contributed by atoms with Crippen LogP contribution in [0.4, 0.5) is 4.39 Å². The largest absolute Gasteiger partial charge is 0.505 e. The third-order valence-electron chi connectivity index (χ3n) is 5.02. The van der Waals surface area contributed by atoms with Crippen LogP contribution < -0.4 is 0 Å². The molecular weight excluding hydrogens is 295 g/mol. The van der Waals surface area contributed by atoms with Gasteiger partial charge < -0.3 is 5.11 Å². The summed E-state index contributed by atoms with van der Waals surface area (Å²) in [6.07, 6.45) is 3.25. The van der Waals surface area contributed by atoms with Gasteiger partial charge in [-0.3, -0.25) is 4.90 Å². The number of hydrogen-bond donors (Lipinski definition) is 1. The first kappa shape index (κ1) is 14.6. The van der Waals surface area contributed by atoms with Crippen molar-refractivity contribution in [1.82, 2.24) is 19.9 Å². The van der Waals surface area contributed by atoms with E-state index in [0.29, 0.717) is 12.6 Å². The van der Waals surface area contributed by atoms with Crippen LogP contribution >= 0.6 is 0 Å². The van der Waals surface area contributed by atoms with E-state index in [1.807, 2.05) is 0 Å². The van der Waals surface area contributed by atoms with E-state index in [9.17, 15) is 9.50 Å². The summed E-state index contributed by atoms with van der Waals surface area (Å²) < 4.78 is 15.6. The number of benzene rings is 1. The number of halogens is 1. The van der Waals surface area contributed by atoms with Crippen molar-refractivity contribution in [2.24, 2.45) is 5.92 Å². The number of fused-ring (bicyclic) bond motifs is 1. The zero-order valence-corrected chi connectivity index (χ0v) is 13.2. The highest BCUT2D eigenvalue weighted by molar-refractivity contribution is 5.28. The molecule has 1 N–H and O–H groups in total. The van der Waals surface area contributed by atoms with Crippen molar-refractivity contribution in [3.05, 3.63) is 41.0 Å². The Balaban J connectivity index is 1.49. The highest BCUT2D eigenvalue weighted by Gasteiger charge is 2.32. The van der Waals surface area contributed by atoms with Gasteiger partial charge in [0.25, 0.3) is 0 Å². The quantitative estimate of drug-likeness (QED) is 0.946. The average Bonchev–Trinajstić information content (AvgIpc) is 2.91. The van der Waals surface area contributed by atoms with Gasteiger partial charge in [-0.1, -0.05) is 18.2 Å². The van der Waals surface area contributed by atoms with Crippen LogP contribution in [0.5, 0.6) is 5.75 Å². The number of hydrogen-bond acceptors (Lipinski definition) is 4. The number of nitrogens with zero attached hydrogens (tertiary/aromatic N) is 4. The van der Waals surface area contributed by atoms with Gasteiger partial charge in [0.1, 0.15) is 0 Å². The maximum Gasteiger partial charge on any atom is 0.165 e. The van der Waals surface area contributed by atoms with Crippen molar-refractivity contribution >= 4 is 0 Å². The lowest BCUT2D eigenvalue weighted by Gasteiger charge is -2.35. The molecule has 0 unspecified atom stereocenters. The second-order valence-electron chi connectivity index (χ2n) is 6.90.